The second-order valence-electron chi connectivity index (χ2n) is 8.24. The van der Waals surface area contributed by atoms with Crippen molar-refractivity contribution < 1.29 is 4.79 Å². The normalized spacial score (nSPS) is 11.4. The Balaban J connectivity index is 1.54. The van der Waals surface area contributed by atoms with Gasteiger partial charge in [-0.15, -0.1) is 0 Å². The first-order valence-corrected chi connectivity index (χ1v) is 11.7. The third-order valence-corrected chi connectivity index (χ3v) is 6.21. The molecule has 5 heteroatoms. The molecule has 4 nitrogen and oxygen atoms in total. The van der Waals surface area contributed by atoms with Crippen LogP contribution in [0.15, 0.2) is 84.4 Å². The van der Waals surface area contributed by atoms with Crippen LogP contribution in [0.1, 0.15) is 28.8 Å². The maximum atomic E-state index is 12.7. The number of aromatic nitrogens is 1. The molecule has 0 atom stereocenters. The molecule has 4 rings (SSSR count). The van der Waals surface area contributed by atoms with Crippen molar-refractivity contribution in [2.45, 2.75) is 26.3 Å². The maximum Gasteiger partial charge on any atom is 0.261 e. The fourth-order valence-electron chi connectivity index (χ4n) is 4.14. The van der Waals surface area contributed by atoms with E-state index in [0.29, 0.717) is 18.1 Å². The first-order chi connectivity index (χ1) is 16.6. The Kier molecular flexibility index (Phi) is 7.47. The van der Waals surface area contributed by atoms with Crippen molar-refractivity contribution in [3.8, 4) is 6.07 Å². The Labute approximate surface area is 205 Å². The molecule has 34 heavy (non-hydrogen) atoms. The summed E-state index contributed by atoms with van der Waals surface area (Å²) in [5.74, 6) is -0.343. The SMILES string of the molecule is Cc1c(/C=C(/C#N)C(=O)NCCCc2ccccc2)c2ccccc2n1Cc1ccc(Cl)cc1. The molecule has 4 aromatic rings. The Hall–Kier alpha value is -3.81. The number of carbonyl (C=O) groups excluding carboxylic acids is 1. The summed E-state index contributed by atoms with van der Waals surface area (Å²) in [6.07, 6.45) is 3.40. The number of fused-ring (bicyclic) bond motifs is 1. The molecule has 170 valence electrons. The van der Waals surface area contributed by atoms with Gasteiger partial charge >= 0.3 is 0 Å². The zero-order chi connectivity index (χ0) is 23.9. The minimum atomic E-state index is -0.343. The van der Waals surface area contributed by atoms with E-state index >= 15 is 0 Å². The van der Waals surface area contributed by atoms with Gasteiger partial charge in [0.2, 0.25) is 0 Å². The van der Waals surface area contributed by atoms with Crippen LogP contribution in [0.25, 0.3) is 17.0 Å². The van der Waals surface area contributed by atoms with Crippen LogP contribution >= 0.6 is 11.6 Å². The molecular weight excluding hydrogens is 442 g/mol. The Morgan fingerprint density at radius 3 is 2.44 bits per heavy atom. The topological polar surface area (TPSA) is 57.8 Å². The molecule has 0 aliphatic rings. The van der Waals surface area contributed by atoms with Crippen molar-refractivity contribution in [3.63, 3.8) is 0 Å². The Bertz CT molecular complexity index is 1360. The van der Waals surface area contributed by atoms with Gasteiger partial charge in [0.05, 0.1) is 0 Å². The van der Waals surface area contributed by atoms with Crippen LogP contribution in [-0.4, -0.2) is 17.0 Å². The first-order valence-electron chi connectivity index (χ1n) is 11.3. The second kappa shape index (κ2) is 10.9. The molecule has 1 heterocycles. The molecule has 0 radical (unpaired) electrons. The number of halogens is 1. The van der Waals surface area contributed by atoms with Crippen molar-refractivity contribution in [2.75, 3.05) is 6.54 Å². The first kappa shape index (κ1) is 23.4. The number of nitrogens with one attached hydrogen (secondary N) is 1. The van der Waals surface area contributed by atoms with E-state index in [9.17, 15) is 10.1 Å². The summed E-state index contributed by atoms with van der Waals surface area (Å²) in [6, 6.07) is 28.1. The number of hydrogen-bond donors (Lipinski definition) is 1. The molecule has 0 fully saturated rings. The lowest BCUT2D eigenvalue weighted by molar-refractivity contribution is -0.117. The number of carbonyl (C=O) groups is 1. The summed E-state index contributed by atoms with van der Waals surface area (Å²) in [5.41, 5.74) is 5.41. The van der Waals surface area contributed by atoms with Crippen molar-refractivity contribution in [1.29, 1.82) is 5.26 Å². The van der Waals surface area contributed by atoms with E-state index in [-0.39, 0.29) is 11.5 Å². The monoisotopic (exact) mass is 467 g/mol. The number of nitrogens with zero attached hydrogens (tertiary/aromatic N) is 2. The summed E-state index contributed by atoms with van der Waals surface area (Å²) < 4.78 is 2.21. The van der Waals surface area contributed by atoms with Crippen LogP contribution in [0.4, 0.5) is 0 Å². The highest BCUT2D eigenvalue weighted by atomic mass is 35.5. The summed E-state index contributed by atoms with van der Waals surface area (Å²) in [4.78, 5) is 12.7. The van der Waals surface area contributed by atoms with E-state index in [4.69, 9.17) is 11.6 Å². The summed E-state index contributed by atoms with van der Waals surface area (Å²) in [5, 5.41) is 14.3. The second-order valence-corrected chi connectivity index (χ2v) is 8.68. The molecule has 0 aliphatic heterocycles. The predicted octanol–water partition coefficient (Wildman–Crippen LogP) is 6.31. The van der Waals surface area contributed by atoms with Crippen LogP contribution in [0, 0.1) is 18.3 Å². The number of amides is 1. The number of aryl methyl sites for hydroxylation is 1. The Morgan fingerprint density at radius 2 is 1.71 bits per heavy atom. The minimum Gasteiger partial charge on any atom is -0.351 e. The summed E-state index contributed by atoms with van der Waals surface area (Å²) in [7, 11) is 0. The number of nitriles is 1. The molecule has 0 saturated heterocycles. The number of hydrogen-bond acceptors (Lipinski definition) is 2. The molecule has 0 unspecified atom stereocenters. The van der Waals surface area contributed by atoms with Crippen molar-refractivity contribution in [3.05, 3.63) is 112 Å². The van der Waals surface area contributed by atoms with Gasteiger partial charge in [-0.3, -0.25) is 4.79 Å². The van der Waals surface area contributed by atoms with Gasteiger partial charge in [-0.05, 0) is 55.2 Å². The molecule has 0 spiro atoms. The quantitative estimate of drug-likeness (QED) is 0.187. The van der Waals surface area contributed by atoms with Crippen molar-refractivity contribution in [2.24, 2.45) is 0 Å². The smallest absolute Gasteiger partial charge is 0.261 e. The van der Waals surface area contributed by atoms with Gasteiger partial charge in [0.1, 0.15) is 11.6 Å². The highest BCUT2D eigenvalue weighted by Crippen LogP contribution is 2.29. The lowest BCUT2D eigenvalue weighted by atomic mass is 10.1. The zero-order valence-electron chi connectivity index (χ0n) is 19.1. The van der Waals surface area contributed by atoms with Gasteiger partial charge in [-0.1, -0.05) is 72.3 Å². The van der Waals surface area contributed by atoms with Crippen LogP contribution in [0.2, 0.25) is 5.02 Å². The van der Waals surface area contributed by atoms with Gasteiger partial charge in [0.25, 0.3) is 5.91 Å². The lowest BCUT2D eigenvalue weighted by Gasteiger charge is -2.09. The fourth-order valence-corrected chi connectivity index (χ4v) is 4.27. The number of para-hydroxylation sites is 1. The van der Waals surface area contributed by atoms with Gasteiger partial charge in [0.15, 0.2) is 0 Å². The van der Waals surface area contributed by atoms with Crippen LogP contribution in [0.3, 0.4) is 0 Å². The zero-order valence-corrected chi connectivity index (χ0v) is 19.8. The molecule has 0 aliphatic carbocycles. The van der Waals surface area contributed by atoms with E-state index in [1.807, 2.05) is 67.6 Å². The van der Waals surface area contributed by atoms with Crippen molar-refractivity contribution >= 4 is 34.5 Å². The third-order valence-electron chi connectivity index (χ3n) is 5.96. The molecule has 3 aromatic carbocycles. The molecule has 1 aromatic heterocycles. The molecule has 0 saturated carbocycles. The van der Waals surface area contributed by atoms with Gasteiger partial charge in [-0.25, -0.2) is 0 Å². The van der Waals surface area contributed by atoms with Crippen molar-refractivity contribution in [1.82, 2.24) is 9.88 Å². The van der Waals surface area contributed by atoms with Gasteiger partial charge in [-0.2, -0.15) is 5.26 Å². The average molecular weight is 468 g/mol. The maximum absolute atomic E-state index is 12.7. The van der Waals surface area contributed by atoms with E-state index in [1.54, 1.807) is 6.08 Å². The van der Waals surface area contributed by atoms with Gasteiger partial charge in [0, 0.05) is 40.3 Å². The highest BCUT2D eigenvalue weighted by molar-refractivity contribution is 6.30. The molecular formula is C29H26ClN3O. The minimum absolute atomic E-state index is 0.109. The van der Waals surface area contributed by atoms with Crippen LogP contribution in [-0.2, 0) is 17.8 Å². The van der Waals surface area contributed by atoms with E-state index in [0.717, 1.165) is 40.6 Å². The number of rotatable bonds is 8. The standard InChI is InChI=1S/C29H26ClN3O/c1-21-27(18-24(19-31)29(34)32-17-7-10-22-8-3-2-4-9-22)26-11-5-6-12-28(26)33(21)20-23-13-15-25(30)16-14-23/h2-6,8-9,11-16,18H,7,10,17,20H2,1H3,(H,32,34)/b24-18-. The lowest BCUT2D eigenvalue weighted by Crippen LogP contribution is -2.25. The highest BCUT2D eigenvalue weighted by Gasteiger charge is 2.16. The van der Waals surface area contributed by atoms with E-state index in [2.05, 4.69) is 34.2 Å². The fraction of sp³-hybridized carbons (Fsp3) is 0.172. The average Bonchev–Trinajstić information content (AvgIpc) is 3.12. The number of benzene rings is 3. The van der Waals surface area contributed by atoms with E-state index < -0.39 is 0 Å². The third kappa shape index (κ3) is 5.39. The predicted molar refractivity (Wildman–Crippen MR) is 139 cm³/mol. The van der Waals surface area contributed by atoms with Crippen LogP contribution in [0.5, 0.6) is 0 Å². The van der Waals surface area contributed by atoms with E-state index in [1.165, 1.54) is 5.56 Å². The summed E-state index contributed by atoms with van der Waals surface area (Å²) >= 11 is 6.04. The van der Waals surface area contributed by atoms with Crippen LogP contribution < -0.4 is 5.32 Å². The molecule has 0 bridgehead atoms. The largest absolute Gasteiger partial charge is 0.351 e. The Morgan fingerprint density at radius 1 is 1.00 bits per heavy atom. The van der Waals surface area contributed by atoms with Gasteiger partial charge < -0.3 is 9.88 Å². The summed E-state index contributed by atoms with van der Waals surface area (Å²) in [6.45, 7) is 3.21. The molecule has 1 N–H and O–H groups in total. The molecule has 1 amide bonds.